The molecule has 0 spiro atoms. The van der Waals surface area contributed by atoms with Gasteiger partial charge in [-0.3, -0.25) is 19.8 Å². The maximum Gasteiger partial charge on any atom is 0.270 e. The van der Waals surface area contributed by atoms with E-state index in [1.807, 2.05) is 0 Å². The van der Waals surface area contributed by atoms with Gasteiger partial charge in [0.05, 0.1) is 22.2 Å². The molecule has 8 nitrogen and oxygen atoms in total. The summed E-state index contributed by atoms with van der Waals surface area (Å²) in [6.45, 7) is 1.28. The second-order valence-corrected chi connectivity index (χ2v) is 7.24. The van der Waals surface area contributed by atoms with Crippen LogP contribution in [0.1, 0.15) is 5.56 Å². The molecule has 1 heterocycles. The van der Waals surface area contributed by atoms with Crippen LogP contribution in [0.3, 0.4) is 0 Å². The predicted molar refractivity (Wildman–Crippen MR) is 94.8 cm³/mol. The summed E-state index contributed by atoms with van der Waals surface area (Å²) in [7, 11) is -4.12. The molecule has 0 saturated heterocycles. The summed E-state index contributed by atoms with van der Waals surface area (Å²) in [6, 6.07) is 10.0. The Morgan fingerprint density at radius 1 is 1.24 bits per heavy atom. The number of nitrogens with one attached hydrogen (secondary N) is 2. The molecule has 0 fully saturated rings. The van der Waals surface area contributed by atoms with Crippen LogP contribution < -0.4 is 10.0 Å². The number of sulfonamides is 1. The monoisotopic (exact) mass is 380 g/mol. The number of hydrogen-bond donors (Lipinski definition) is 2. The number of halogens is 1. The summed E-state index contributed by atoms with van der Waals surface area (Å²) in [5.41, 5.74) is 0.531. The Labute approximate surface area is 148 Å². The number of nitro groups is 1. The molecule has 0 aromatic heterocycles. The molecule has 0 atom stereocenters. The molecule has 130 valence electrons. The number of amidine groups is 1. The van der Waals surface area contributed by atoms with E-state index in [4.69, 9.17) is 11.6 Å². The summed E-state index contributed by atoms with van der Waals surface area (Å²) in [6.07, 6.45) is 0. The van der Waals surface area contributed by atoms with Crippen molar-refractivity contribution in [2.45, 2.75) is 4.90 Å². The highest BCUT2D eigenvalue weighted by Crippen LogP contribution is 2.29. The van der Waals surface area contributed by atoms with Gasteiger partial charge in [-0.05, 0) is 18.2 Å². The highest BCUT2D eigenvalue weighted by Gasteiger charge is 2.23. The lowest BCUT2D eigenvalue weighted by Crippen LogP contribution is -2.22. The third-order valence-corrected chi connectivity index (χ3v) is 5.36. The minimum atomic E-state index is -4.12. The predicted octanol–water partition coefficient (Wildman–Crippen LogP) is 2.40. The van der Waals surface area contributed by atoms with Gasteiger partial charge >= 0.3 is 0 Å². The number of rotatable bonds is 5. The third kappa shape index (κ3) is 3.57. The summed E-state index contributed by atoms with van der Waals surface area (Å²) < 4.78 is 27.8. The standard InChI is InChI=1S/C15H13ClN4O4S/c16-12-6-5-10(20(21)22)9-14(12)25(23,24)19-13-4-2-1-3-11(13)15-17-7-8-18-15/h1-6,9,19H,7-8H2,(H,17,18). The molecule has 0 unspecified atom stereocenters. The Kier molecular flexibility index (Phi) is 4.60. The fraction of sp³-hybridized carbons (Fsp3) is 0.133. The zero-order valence-corrected chi connectivity index (χ0v) is 14.3. The molecule has 0 bridgehead atoms. The van der Waals surface area contributed by atoms with Crippen LogP contribution in [-0.2, 0) is 10.0 Å². The minimum Gasteiger partial charge on any atom is -0.368 e. The van der Waals surface area contributed by atoms with E-state index in [2.05, 4.69) is 15.0 Å². The molecule has 0 amide bonds. The van der Waals surface area contributed by atoms with Gasteiger partial charge in [-0.1, -0.05) is 23.7 Å². The SMILES string of the molecule is O=[N+]([O-])c1ccc(Cl)c(S(=O)(=O)Nc2ccccc2C2=NCCN2)c1. The molecule has 10 heteroatoms. The zero-order valence-electron chi connectivity index (χ0n) is 12.8. The number of nitro benzene ring substituents is 1. The first-order valence-corrected chi connectivity index (χ1v) is 9.09. The average molecular weight is 381 g/mol. The molecular weight excluding hydrogens is 368 g/mol. The van der Waals surface area contributed by atoms with Gasteiger partial charge in [-0.25, -0.2) is 8.42 Å². The molecule has 0 aliphatic carbocycles. The number of aliphatic imine (C=N–C) groups is 1. The van der Waals surface area contributed by atoms with Crippen LogP contribution >= 0.6 is 11.6 Å². The molecule has 2 aromatic rings. The molecule has 3 rings (SSSR count). The fourth-order valence-corrected chi connectivity index (χ4v) is 3.97. The van der Waals surface area contributed by atoms with Gasteiger partial charge in [0, 0.05) is 24.2 Å². The smallest absolute Gasteiger partial charge is 0.270 e. The Bertz CT molecular complexity index is 975. The van der Waals surface area contributed by atoms with Crippen molar-refractivity contribution in [1.82, 2.24) is 5.32 Å². The first kappa shape index (κ1) is 17.2. The summed E-state index contributed by atoms with van der Waals surface area (Å²) in [5, 5.41) is 13.9. The van der Waals surface area contributed by atoms with Gasteiger partial charge < -0.3 is 5.32 Å². The van der Waals surface area contributed by atoms with Crippen LogP contribution in [0.2, 0.25) is 5.02 Å². The molecule has 2 aromatic carbocycles. The lowest BCUT2D eigenvalue weighted by Gasteiger charge is -2.13. The largest absolute Gasteiger partial charge is 0.368 e. The van der Waals surface area contributed by atoms with Crippen LogP contribution in [0.5, 0.6) is 0 Å². The van der Waals surface area contributed by atoms with Gasteiger partial charge in [0.1, 0.15) is 10.7 Å². The van der Waals surface area contributed by atoms with Crippen molar-refractivity contribution in [1.29, 1.82) is 0 Å². The summed E-state index contributed by atoms with van der Waals surface area (Å²) >= 11 is 5.94. The van der Waals surface area contributed by atoms with Gasteiger partial charge in [0.2, 0.25) is 0 Å². The molecule has 25 heavy (non-hydrogen) atoms. The number of benzene rings is 2. The molecule has 1 aliphatic rings. The number of para-hydroxylation sites is 1. The van der Waals surface area contributed by atoms with E-state index >= 15 is 0 Å². The second-order valence-electron chi connectivity index (χ2n) is 5.18. The second kappa shape index (κ2) is 6.69. The molecule has 0 radical (unpaired) electrons. The summed E-state index contributed by atoms with van der Waals surface area (Å²) in [4.78, 5) is 14.1. The Hall–Kier alpha value is -2.65. The maximum absolute atomic E-state index is 12.7. The van der Waals surface area contributed by atoms with Gasteiger partial charge in [0.15, 0.2) is 0 Å². The van der Waals surface area contributed by atoms with E-state index in [0.717, 1.165) is 12.1 Å². The Morgan fingerprint density at radius 2 is 2.00 bits per heavy atom. The number of nitrogens with zero attached hydrogens (tertiary/aromatic N) is 2. The lowest BCUT2D eigenvalue weighted by atomic mass is 10.1. The first-order valence-electron chi connectivity index (χ1n) is 7.23. The van der Waals surface area contributed by atoms with Gasteiger partial charge in [-0.15, -0.1) is 0 Å². The number of non-ortho nitro benzene ring substituents is 1. The van der Waals surface area contributed by atoms with Gasteiger partial charge in [0.25, 0.3) is 15.7 Å². The summed E-state index contributed by atoms with van der Waals surface area (Å²) in [5.74, 6) is 0.587. The van der Waals surface area contributed by atoms with E-state index in [1.54, 1.807) is 24.3 Å². The molecule has 2 N–H and O–H groups in total. The van der Waals surface area contributed by atoms with Crippen molar-refractivity contribution in [2.24, 2.45) is 4.99 Å². The van der Waals surface area contributed by atoms with Crippen LogP contribution in [0, 0.1) is 10.1 Å². The van der Waals surface area contributed by atoms with Crippen molar-refractivity contribution in [2.75, 3.05) is 17.8 Å². The maximum atomic E-state index is 12.7. The fourth-order valence-electron chi connectivity index (χ4n) is 2.37. The van der Waals surface area contributed by atoms with E-state index in [1.165, 1.54) is 6.07 Å². The van der Waals surface area contributed by atoms with Gasteiger partial charge in [-0.2, -0.15) is 0 Å². The van der Waals surface area contributed by atoms with Crippen molar-refractivity contribution in [3.05, 3.63) is 63.2 Å². The quantitative estimate of drug-likeness (QED) is 0.610. The highest BCUT2D eigenvalue weighted by molar-refractivity contribution is 7.92. The van der Waals surface area contributed by atoms with Crippen molar-refractivity contribution in [3.63, 3.8) is 0 Å². The van der Waals surface area contributed by atoms with Crippen LogP contribution in [0.4, 0.5) is 11.4 Å². The van der Waals surface area contributed by atoms with Crippen LogP contribution in [0.25, 0.3) is 0 Å². The average Bonchev–Trinajstić information content (AvgIpc) is 3.09. The van der Waals surface area contributed by atoms with Crippen molar-refractivity contribution < 1.29 is 13.3 Å². The molecule has 0 saturated carbocycles. The normalized spacial score (nSPS) is 13.9. The van der Waals surface area contributed by atoms with E-state index < -0.39 is 14.9 Å². The zero-order chi connectivity index (χ0) is 18.0. The minimum absolute atomic E-state index is 0.105. The van der Waals surface area contributed by atoms with Crippen molar-refractivity contribution in [3.8, 4) is 0 Å². The van der Waals surface area contributed by atoms with Crippen LogP contribution in [-0.4, -0.2) is 32.3 Å². The Morgan fingerprint density at radius 3 is 2.68 bits per heavy atom. The topological polar surface area (TPSA) is 114 Å². The molecule has 1 aliphatic heterocycles. The Balaban J connectivity index is 2.01. The molecular formula is C15H13ClN4O4S. The van der Waals surface area contributed by atoms with Crippen molar-refractivity contribution >= 4 is 38.8 Å². The lowest BCUT2D eigenvalue weighted by molar-refractivity contribution is -0.385. The van der Waals surface area contributed by atoms with E-state index in [-0.39, 0.29) is 15.6 Å². The van der Waals surface area contributed by atoms with E-state index in [0.29, 0.717) is 30.2 Å². The first-order chi connectivity index (χ1) is 11.9. The highest BCUT2D eigenvalue weighted by atomic mass is 35.5. The number of hydrogen-bond acceptors (Lipinski definition) is 6. The number of anilines is 1. The van der Waals surface area contributed by atoms with E-state index in [9.17, 15) is 18.5 Å². The third-order valence-electron chi connectivity index (χ3n) is 3.52. The van der Waals surface area contributed by atoms with Crippen LogP contribution in [0.15, 0.2) is 52.4 Å².